The number of ether oxygens (including phenoxy) is 1. The molecule has 0 saturated carbocycles. The van der Waals surface area contributed by atoms with Crippen LogP contribution in [0.15, 0.2) is 54.7 Å². The van der Waals surface area contributed by atoms with E-state index in [9.17, 15) is 10.1 Å². The van der Waals surface area contributed by atoms with Gasteiger partial charge in [0.1, 0.15) is 5.82 Å². The number of anilines is 4. The van der Waals surface area contributed by atoms with Crippen molar-refractivity contribution in [2.75, 3.05) is 16.9 Å². The number of aromatic nitrogens is 2. The Labute approximate surface area is 294 Å². The number of hydrogen-bond acceptors (Lipinski definition) is 8. The number of benzene rings is 2. The Balaban J connectivity index is 1.48. The van der Waals surface area contributed by atoms with Gasteiger partial charge < -0.3 is 10.1 Å². The second kappa shape index (κ2) is 22.8. The first-order valence-electron chi connectivity index (χ1n) is 18.2. The number of nitrogens with zero attached hydrogens (tertiary/aromatic N) is 5. The molecule has 0 fully saturated rings. The van der Waals surface area contributed by atoms with Gasteiger partial charge in [0, 0.05) is 30.1 Å². The molecule has 3 rings (SSSR count). The number of hydrogen-bond donors (Lipinski definition) is 1. The molecule has 49 heavy (non-hydrogen) atoms. The first-order valence-corrected chi connectivity index (χ1v) is 18.2. The van der Waals surface area contributed by atoms with Gasteiger partial charge in [-0.1, -0.05) is 96.8 Å². The Hall–Kier alpha value is -4.69. The zero-order valence-corrected chi connectivity index (χ0v) is 29.8. The highest BCUT2D eigenvalue weighted by Crippen LogP contribution is 2.28. The molecule has 8 heteroatoms. The number of rotatable bonds is 23. The number of allylic oxidation sites excluding steroid dienone is 1. The highest BCUT2D eigenvalue weighted by molar-refractivity contribution is 5.71. The van der Waals surface area contributed by atoms with Gasteiger partial charge in [-0.25, -0.2) is 4.98 Å². The summed E-state index contributed by atoms with van der Waals surface area (Å²) in [6.45, 7) is 6.22. The van der Waals surface area contributed by atoms with Crippen LogP contribution in [-0.2, 0) is 9.53 Å². The molecule has 0 bridgehead atoms. The summed E-state index contributed by atoms with van der Waals surface area (Å²) >= 11 is 0. The highest BCUT2D eigenvalue weighted by Gasteiger charge is 2.16. The van der Waals surface area contributed by atoms with Gasteiger partial charge in [0.25, 0.3) is 0 Å². The minimum absolute atomic E-state index is 0.0507. The van der Waals surface area contributed by atoms with E-state index in [0.29, 0.717) is 29.4 Å². The summed E-state index contributed by atoms with van der Waals surface area (Å²) in [5.41, 5.74) is 5.12. The third-order valence-electron chi connectivity index (χ3n) is 8.69. The lowest BCUT2D eigenvalue weighted by Gasteiger charge is -2.23. The van der Waals surface area contributed by atoms with Crippen molar-refractivity contribution in [2.45, 2.75) is 124 Å². The fourth-order valence-electron chi connectivity index (χ4n) is 5.91. The van der Waals surface area contributed by atoms with Crippen molar-refractivity contribution in [1.29, 1.82) is 10.5 Å². The maximum atomic E-state index is 12.8. The maximum absolute atomic E-state index is 12.8. The molecule has 0 spiro atoms. The van der Waals surface area contributed by atoms with Crippen LogP contribution in [0.3, 0.4) is 0 Å². The van der Waals surface area contributed by atoms with Crippen LogP contribution in [-0.4, -0.2) is 22.7 Å². The van der Waals surface area contributed by atoms with Crippen molar-refractivity contribution in [3.05, 3.63) is 77.0 Å². The Bertz CT molecular complexity index is 1510. The van der Waals surface area contributed by atoms with E-state index in [0.717, 1.165) is 41.6 Å². The molecule has 0 aliphatic rings. The third kappa shape index (κ3) is 14.5. The summed E-state index contributed by atoms with van der Waals surface area (Å²) in [5, 5.41) is 21.6. The second-order valence-electron chi connectivity index (χ2n) is 12.8. The van der Waals surface area contributed by atoms with E-state index >= 15 is 0 Å². The van der Waals surface area contributed by atoms with Crippen LogP contribution in [0.25, 0.3) is 6.08 Å². The predicted molar refractivity (Wildman–Crippen MR) is 200 cm³/mol. The van der Waals surface area contributed by atoms with Crippen molar-refractivity contribution in [2.24, 2.45) is 0 Å². The van der Waals surface area contributed by atoms with Gasteiger partial charge in [0.15, 0.2) is 6.73 Å². The Morgan fingerprint density at radius 1 is 0.837 bits per heavy atom. The van der Waals surface area contributed by atoms with Gasteiger partial charge in [-0.05, 0) is 85.5 Å². The van der Waals surface area contributed by atoms with Gasteiger partial charge in [0.05, 0.1) is 17.7 Å². The third-order valence-corrected chi connectivity index (χ3v) is 8.69. The average molecular weight is 663 g/mol. The summed E-state index contributed by atoms with van der Waals surface area (Å²) in [6.07, 6.45) is 24.4. The lowest BCUT2D eigenvalue weighted by Crippen LogP contribution is -2.25. The second-order valence-corrected chi connectivity index (χ2v) is 12.8. The van der Waals surface area contributed by atoms with Crippen LogP contribution >= 0.6 is 0 Å². The molecule has 0 saturated heterocycles. The number of esters is 1. The molecule has 0 aliphatic heterocycles. The molecule has 1 N–H and O–H groups in total. The molecular weight excluding hydrogens is 608 g/mol. The molecule has 2 aromatic carbocycles. The largest absolute Gasteiger partial charge is 0.444 e. The number of unbranched alkanes of at least 4 members (excludes halogenated alkanes) is 14. The molecule has 0 atom stereocenters. The average Bonchev–Trinajstić information content (AvgIpc) is 3.11. The van der Waals surface area contributed by atoms with E-state index in [2.05, 4.69) is 23.3 Å². The normalized spacial score (nSPS) is 10.9. The zero-order chi connectivity index (χ0) is 35.1. The summed E-state index contributed by atoms with van der Waals surface area (Å²) in [7, 11) is 0. The number of aryl methyl sites for hydroxylation is 2. The molecule has 0 unspecified atom stereocenters. The topological polar surface area (TPSA) is 115 Å². The molecule has 0 amide bonds. The lowest BCUT2D eigenvalue weighted by atomic mass is 10.0. The fraction of sp³-hybridized carbons (Fsp3) is 0.488. The quantitative estimate of drug-likeness (QED) is 0.0461. The van der Waals surface area contributed by atoms with Crippen LogP contribution in [0, 0.1) is 36.5 Å². The van der Waals surface area contributed by atoms with Crippen LogP contribution in [0.1, 0.15) is 132 Å². The summed E-state index contributed by atoms with van der Waals surface area (Å²) < 4.78 is 5.72. The Morgan fingerprint density at radius 2 is 1.41 bits per heavy atom. The first kappa shape index (κ1) is 38.8. The molecule has 0 aliphatic carbocycles. The summed E-state index contributed by atoms with van der Waals surface area (Å²) in [6, 6.07) is 17.0. The minimum Gasteiger partial charge on any atom is -0.444 e. The van der Waals surface area contributed by atoms with E-state index in [1.54, 1.807) is 47.5 Å². The Kier molecular flexibility index (Phi) is 18.0. The molecule has 8 nitrogen and oxygen atoms in total. The summed E-state index contributed by atoms with van der Waals surface area (Å²) in [4.78, 5) is 23.7. The Morgan fingerprint density at radius 3 is 1.96 bits per heavy atom. The molecule has 260 valence electrons. The lowest BCUT2D eigenvalue weighted by molar-refractivity contribution is -0.143. The van der Waals surface area contributed by atoms with Crippen LogP contribution in [0.2, 0.25) is 0 Å². The van der Waals surface area contributed by atoms with Crippen molar-refractivity contribution >= 4 is 35.2 Å². The molecule has 1 aromatic heterocycles. The van der Waals surface area contributed by atoms with E-state index in [1.165, 1.54) is 83.1 Å². The van der Waals surface area contributed by atoms with Crippen molar-refractivity contribution in [3.63, 3.8) is 0 Å². The van der Waals surface area contributed by atoms with Crippen LogP contribution in [0.5, 0.6) is 0 Å². The number of nitriles is 2. The van der Waals surface area contributed by atoms with E-state index in [-0.39, 0.29) is 12.7 Å². The number of nitrogens with one attached hydrogen (secondary N) is 1. The monoisotopic (exact) mass is 662 g/mol. The van der Waals surface area contributed by atoms with Crippen molar-refractivity contribution in [1.82, 2.24) is 9.97 Å². The van der Waals surface area contributed by atoms with E-state index in [1.807, 2.05) is 32.0 Å². The van der Waals surface area contributed by atoms with Gasteiger partial charge >= 0.3 is 5.97 Å². The molecule has 1 heterocycles. The van der Waals surface area contributed by atoms with E-state index < -0.39 is 0 Å². The molecular formula is C41H54N6O2. The van der Waals surface area contributed by atoms with E-state index in [4.69, 9.17) is 15.0 Å². The van der Waals surface area contributed by atoms with Crippen LogP contribution in [0.4, 0.5) is 23.1 Å². The van der Waals surface area contributed by atoms with Gasteiger partial charge in [0.2, 0.25) is 5.95 Å². The van der Waals surface area contributed by atoms with Gasteiger partial charge in [-0.15, -0.1) is 0 Å². The highest BCUT2D eigenvalue weighted by atomic mass is 16.5. The zero-order valence-electron chi connectivity index (χ0n) is 29.8. The fourth-order valence-corrected chi connectivity index (χ4v) is 5.91. The maximum Gasteiger partial charge on any atom is 0.307 e. The molecule has 3 aromatic rings. The standard InChI is InChI=1S/C41H54N6O2/c1-4-5-6-7-8-9-10-11-12-13-14-15-16-17-18-21-39(48)49-32-47(37-24-22-35(31-43)23-25-37)41-44-28-26-38(46-41)45-40-33(2)29-36(20-19-27-42)30-34(40)3/h19-20,22-26,28-30H,4-18,21,32H2,1-3H3,(H,44,45,46)/b20-19+. The SMILES string of the molecule is CCCCCCCCCCCCCCCCCC(=O)OCN(c1ccc(C#N)cc1)c1nccc(Nc2c(C)cc(/C=C/C#N)cc2C)n1. The molecule has 0 radical (unpaired) electrons. The van der Waals surface area contributed by atoms with Gasteiger partial charge in [-0.3, -0.25) is 9.69 Å². The minimum atomic E-state index is -0.251. The van der Waals surface area contributed by atoms with Gasteiger partial charge in [-0.2, -0.15) is 15.5 Å². The first-order chi connectivity index (χ1) is 23.9. The number of carbonyl (C=O) groups excluding carboxylic acids is 1. The smallest absolute Gasteiger partial charge is 0.307 e. The predicted octanol–water partition coefficient (Wildman–Crippen LogP) is 11.1. The van der Waals surface area contributed by atoms with Crippen molar-refractivity contribution in [3.8, 4) is 12.1 Å². The number of carbonyl (C=O) groups is 1. The van der Waals surface area contributed by atoms with Crippen LogP contribution < -0.4 is 10.2 Å². The van der Waals surface area contributed by atoms with Crippen molar-refractivity contribution < 1.29 is 9.53 Å². The summed E-state index contributed by atoms with van der Waals surface area (Å²) in [5.74, 6) is 0.692.